The summed E-state index contributed by atoms with van der Waals surface area (Å²) in [4.78, 5) is 43.4. The number of likely N-dealkylation sites (tertiary alicyclic amines) is 1. The highest BCUT2D eigenvalue weighted by atomic mass is 35.5. The summed E-state index contributed by atoms with van der Waals surface area (Å²) in [5, 5.41) is 15.2. The van der Waals surface area contributed by atoms with Crippen LogP contribution < -0.4 is 10.6 Å². The van der Waals surface area contributed by atoms with Gasteiger partial charge in [0.2, 0.25) is 5.91 Å². The van der Waals surface area contributed by atoms with Crippen LogP contribution in [0.1, 0.15) is 60.8 Å². The van der Waals surface area contributed by atoms with Crippen LogP contribution in [0.3, 0.4) is 0 Å². The Kier molecular flexibility index (Phi) is 8.89. The third-order valence-electron chi connectivity index (χ3n) is 6.82. The van der Waals surface area contributed by atoms with E-state index in [0.29, 0.717) is 54.0 Å². The van der Waals surface area contributed by atoms with Crippen LogP contribution in [0.15, 0.2) is 48.7 Å². The summed E-state index contributed by atoms with van der Waals surface area (Å²) in [6, 6.07) is 12.8. The van der Waals surface area contributed by atoms with E-state index in [1.54, 1.807) is 33.7 Å². The van der Waals surface area contributed by atoms with Gasteiger partial charge >= 0.3 is 6.09 Å². The van der Waals surface area contributed by atoms with Gasteiger partial charge in [0.1, 0.15) is 11.3 Å². The summed E-state index contributed by atoms with van der Waals surface area (Å²) in [6.45, 7) is 5.73. The molecule has 4 rings (SSSR count). The minimum Gasteiger partial charge on any atom is -0.465 e. The molecule has 2 aromatic heterocycles. The Bertz CT molecular complexity index is 1290. The molecule has 1 fully saturated rings. The van der Waals surface area contributed by atoms with Crippen molar-refractivity contribution in [3.63, 3.8) is 0 Å². The molecule has 0 saturated carbocycles. The average Bonchev–Trinajstić information content (AvgIpc) is 3.29. The molecular weight excluding hydrogens is 506 g/mol. The molecule has 38 heavy (non-hydrogen) atoms. The number of carboxylic acid groups (broad SMARTS) is 1. The predicted molar refractivity (Wildman–Crippen MR) is 146 cm³/mol. The van der Waals surface area contributed by atoms with Gasteiger partial charge in [-0.1, -0.05) is 43.6 Å². The second-order valence-corrected chi connectivity index (χ2v) is 10.7. The number of aromatic nitrogens is 2. The van der Waals surface area contributed by atoms with Crippen LogP contribution in [-0.4, -0.2) is 63.0 Å². The number of rotatable bonds is 9. The molecule has 3 aromatic rings. The fourth-order valence-electron chi connectivity index (χ4n) is 5.04. The summed E-state index contributed by atoms with van der Waals surface area (Å²) >= 11 is 6.06. The van der Waals surface area contributed by atoms with Gasteiger partial charge in [-0.05, 0) is 55.0 Å². The van der Waals surface area contributed by atoms with Crippen molar-refractivity contribution in [3.8, 4) is 0 Å². The van der Waals surface area contributed by atoms with E-state index in [0.717, 1.165) is 18.4 Å². The van der Waals surface area contributed by atoms with Crippen LogP contribution in [0.5, 0.6) is 0 Å². The maximum Gasteiger partial charge on any atom is 0.404 e. The van der Waals surface area contributed by atoms with Crippen LogP contribution in [-0.2, 0) is 11.2 Å². The van der Waals surface area contributed by atoms with Gasteiger partial charge in [0.15, 0.2) is 0 Å². The molecule has 3 N–H and O–H groups in total. The zero-order chi connectivity index (χ0) is 27.2. The van der Waals surface area contributed by atoms with Crippen molar-refractivity contribution in [2.24, 2.45) is 5.92 Å². The maximum atomic E-state index is 13.2. The molecular formula is C28H34ClN5O4. The number of benzene rings is 1. The highest BCUT2D eigenvalue weighted by Gasteiger charge is 2.25. The molecule has 10 heteroatoms. The lowest BCUT2D eigenvalue weighted by Crippen LogP contribution is -2.49. The molecule has 9 nitrogen and oxygen atoms in total. The van der Waals surface area contributed by atoms with Crippen molar-refractivity contribution in [1.29, 1.82) is 0 Å². The number of fused-ring (bicyclic) bond motifs is 1. The average molecular weight is 540 g/mol. The second-order valence-electron chi connectivity index (χ2n) is 10.3. The van der Waals surface area contributed by atoms with Gasteiger partial charge in [0.25, 0.3) is 5.91 Å². The molecule has 202 valence electrons. The number of amides is 3. The Hall–Kier alpha value is -3.59. The number of nitrogens with zero attached hydrogens (tertiary/aromatic N) is 3. The molecule has 0 bridgehead atoms. The van der Waals surface area contributed by atoms with Crippen LogP contribution >= 0.6 is 11.6 Å². The Labute approximate surface area is 227 Å². The number of pyridine rings is 1. The highest BCUT2D eigenvalue weighted by molar-refractivity contribution is 6.30. The van der Waals surface area contributed by atoms with Crippen molar-refractivity contribution in [3.05, 3.63) is 70.6 Å². The molecule has 0 aliphatic carbocycles. The van der Waals surface area contributed by atoms with E-state index in [9.17, 15) is 14.4 Å². The van der Waals surface area contributed by atoms with E-state index < -0.39 is 6.09 Å². The summed E-state index contributed by atoms with van der Waals surface area (Å²) < 4.78 is 1.71. The number of hydrogen-bond acceptors (Lipinski definition) is 4. The minimum absolute atomic E-state index is 0.0789. The molecule has 0 spiro atoms. The van der Waals surface area contributed by atoms with Gasteiger partial charge in [-0.2, -0.15) is 0 Å². The van der Waals surface area contributed by atoms with Crippen molar-refractivity contribution < 1.29 is 19.5 Å². The first kappa shape index (κ1) is 27.4. The maximum absolute atomic E-state index is 13.2. The fourth-order valence-corrected chi connectivity index (χ4v) is 5.17. The fraction of sp³-hybridized carbons (Fsp3) is 0.429. The van der Waals surface area contributed by atoms with Crippen molar-refractivity contribution >= 4 is 35.2 Å². The van der Waals surface area contributed by atoms with E-state index in [4.69, 9.17) is 16.7 Å². The standard InChI is InChI=1S/C28H34ClN5O4/c1-18(2)13-20(19-8-10-21(29)11-9-19)15-30-27(36)24-6-3-7-25-31-23(17-34(24)25)14-26(35)33-12-4-5-22(16-33)32-28(37)38/h3,6-11,17-18,20,22,32H,4-5,12-16H2,1-2H3,(H,30,36)(H,37,38)/t20?,22-/m1/s1. The third kappa shape index (κ3) is 7.04. The Morgan fingerprint density at radius 2 is 1.92 bits per heavy atom. The largest absolute Gasteiger partial charge is 0.465 e. The number of imidazole rings is 1. The van der Waals surface area contributed by atoms with E-state index in [1.165, 1.54) is 0 Å². The van der Waals surface area contributed by atoms with E-state index in [-0.39, 0.29) is 30.2 Å². The molecule has 3 amide bonds. The summed E-state index contributed by atoms with van der Waals surface area (Å²) in [5.41, 5.74) is 2.71. The lowest BCUT2D eigenvalue weighted by Gasteiger charge is -2.32. The van der Waals surface area contributed by atoms with Gasteiger partial charge in [-0.3, -0.25) is 14.0 Å². The number of hydrogen-bond donors (Lipinski definition) is 3. The number of halogens is 1. The first-order valence-electron chi connectivity index (χ1n) is 13.0. The van der Waals surface area contributed by atoms with Crippen molar-refractivity contribution in [2.45, 2.75) is 51.5 Å². The molecule has 1 aliphatic heterocycles. The highest BCUT2D eigenvalue weighted by Crippen LogP contribution is 2.25. The SMILES string of the molecule is CC(C)CC(CNC(=O)c1cccc2nc(CC(=O)N3CCC[C@@H](NC(=O)O)C3)cn12)c1ccc(Cl)cc1. The van der Waals surface area contributed by atoms with Crippen LogP contribution in [0.2, 0.25) is 5.02 Å². The molecule has 1 aromatic carbocycles. The number of piperidine rings is 1. The molecule has 1 aliphatic rings. The van der Waals surface area contributed by atoms with Crippen LogP contribution in [0.4, 0.5) is 4.79 Å². The molecule has 1 unspecified atom stereocenters. The number of carbonyl (C=O) groups is 3. The van der Waals surface area contributed by atoms with Crippen molar-refractivity contribution in [2.75, 3.05) is 19.6 Å². The van der Waals surface area contributed by atoms with Gasteiger partial charge in [-0.25, -0.2) is 9.78 Å². The lowest BCUT2D eigenvalue weighted by atomic mass is 9.90. The number of nitrogens with one attached hydrogen (secondary N) is 2. The third-order valence-corrected chi connectivity index (χ3v) is 7.07. The summed E-state index contributed by atoms with van der Waals surface area (Å²) in [6.07, 6.45) is 3.08. The summed E-state index contributed by atoms with van der Waals surface area (Å²) in [5.74, 6) is 0.276. The molecule has 2 atom stereocenters. The van der Waals surface area contributed by atoms with E-state index >= 15 is 0 Å². The first-order chi connectivity index (χ1) is 18.2. The Morgan fingerprint density at radius 3 is 2.63 bits per heavy atom. The molecule has 3 heterocycles. The van der Waals surface area contributed by atoms with Gasteiger partial charge in [0, 0.05) is 42.8 Å². The zero-order valence-electron chi connectivity index (χ0n) is 21.7. The van der Waals surface area contributed by atoms with Crippen LogP contribution in [0.25, 0.3) is 5.65 Å². The minimum atomic E-state index is -1.08. The molecule has 0 radical (unpaired) electrons. The number of carbonyl (C=O) groups excluding carboxylic acids is 2. The smallest absolute Gasteiger partial charge is 0.404 e. The topological polar surface area (TPSA) is 116 Å². The Morgan fingerprint density at radius 1 is 1.16 bits per heavy atom. The second kappa shape index (κ2) is 12.3. The van der Waals surface area contributed by atoms with Gasteiger partial charge in [0.05, 0.1) is 12.1 Å². The zero-order valence-corrected chi connectivity index (χ0v) is 22.4. The van der Waals surface area contributed by atoms with E-state index in [2.05, 4.69) is 29.5 Å². The predicted octanol–water partition coefficient (Wildman–Crippen LogP) is 4.35. The molecule has 1 saturated heterocycles. The van der Waals surface area contributed by atoms with E-state index in [1.807, 2.05) is 24.3 Å². The monoisotopic (exact) mass is 539 g/mol. The first-order valence-corrected chi connectivity index (χ1v) is 13.3. The normalized spacial score (nSPS) is 16.4. The van der Waals surface area contributed by atoms with Gasteiger partial charge < -0.3 is 20.6 Å². The summed E-state index contributed by atoms with van der Waals surface area (Å²) in [7, 11) is 0. The van der Waals surface area contributed by atoms with Crippen LogP contribution in [0, 0.1) is 5.92 Å². The Balaban J connectivity index is 1.44. The quantitative estimate of drug-likeness (QED) is 0.374. The van der Waals surface area contributed by atoms with Crippen molar-refractivity contribution in [1.82, 2.24) is 24.9 Å². The lowest BCUT2D eigenvalue weighted by molar-refractivity contribution is -0.131. The van der Waals surface area contributed by atoms with Gasteiger partial charge in [-0.15, -0.1) is 0 Å².